The second-order valence-corrected chi connectivity index (χ2v) is 4.10. The van der Waals surface area contributed by atoms with Gasteiger partial charge >= 0.3 is 5.88 Å². The number of morpholine rings is 1. The molecule has 0 N–H and O–H groups in total. The van der Waals surface area contributed by atoms with Crippen LogP contribution < -0.4 is 0 Å². The van der Waals surface area contributed by atoms with Crippen LogP contribution in [0.4, 0.5) is 5.88 Å². The molecule has 1 fully saturated rings. The Hall–Kier alpha value is -1.60. The maximum atomic E-state index is 12.0. The second kappa shape index (κ2) is 5.36. The topological polar surface area (TPSA) is 85.8 Å². The minimum absolute atomic E-state index is 0.0445. The molecule has 1 atom stereocenters. The van der Waals surface area contributed by atoms with Gasteiger partial charge in [-0.15, -0.1) is 11.6 Å². The lowest BCUT2D eigenvalue weighted by Crippen LogP contribution is -2.46. The van der Waals surface area contributed by atoms with Crippen LogP contribution in [-0.4, -0.2) is 47.4 Å². The molecule has 0 aromatic carbocycles. The van der Waals surface area contributed by atoms with Crippen molar-refractivity contribution in [3.8, 4) is 0 Å². The molecule has 0 spiro atoms. The number of ether oxygens (including phenoxy) is 1. The Morgan fingerprint density at radius 2 is 2.39 bits per heavy atom. The minimum Gasteiger partial charge on any atom is -0.395 e. The number of nitro groups is 1. The number of furan rings is 1. The summed E-state index contributed by atoms with van der Waals surface area (Å²) in [4.78, 5) is 23.3. The van der Waals surface area contributed by atoms with E-state index in [2.05, 4.69) is 0 Å². The largest absolute Gasteiger partial charge is 0.433 e. The Balaban J connectivity index is 2.07. The molecule has 0 saturated carbocycles. The molecule has 18 heavy (non-hydrogen) atoms. The van der Waals surface area contributed by atoms with Gasteiger partial charge in [0.25, 0.3) is 5.91 Å². The Morgan fingerprint density at radius 1 is 1.61 bits per heavy atom. The molecule has 98 valence electrons. The maximum Gasteiger partial charge on any atom is 0.433 e. The van der Waals surface area contributed by atoms with Crippen molar-refractivity contribution in [3.63, 3.8) is 0 Å². The molecule has 1 saturated heterocycles. The molecule has 8 heteroatoms. The van der Waals surface area contributed by atoms with Crippen LogP contribution >= 0.6 is 11.6 Å². The van der Waals surface area contributed by atoms with E-state index >= 15 is 0 Å². The third kappa shape index (κ3) is 2.62. The van der Waals surface area contributed by atoms with Gasteiger partial charge in [-0.25, -0.2) is 0 Å². The van der Waals surface area contributed by atoms with Gasteiger partial charge in [0.05, 0.1) is 24.7 Å². The van der Waals surface area contributed by atoms with Gasteiger partial charge in [-0.05, 0) is 6.07 Å². The third-order valence-corrected chi connectivity index (χ3v) is 2.92. The van der Waals surface area contributed by atoms with Crippen LogP contribution in [0.5, 0.6) is 0 Å². The van der Waals surface area contributed by atoms with Gasteiger partial charge in [-0.1, -0.05) is 0 Å². The Kier molecular flexibility index (Phi) is 3.83. The number of rotatable bonds is 3. The molecule has 1 aromatic heterocycles. The first-order valence-electron chi connectivity index (χ1n) is 5.33. The highest BCUT2D eigenvalue weighted by molar-refractivity contribution is 6.18. The zero-order valence-corrected chi connectivity index (χ0v) is 10.1. The van der Waals surface area contributed by atoms with Gasteiger partial charge in [0.1, 0.15) is 4.92 Å². The van der Waals surface area contributed by atoms with Crippen LogP contribution in [0.25, 0.3) is 0 Å². The number of halogens is 1. The smallest absolute Gasteiger partial charge is 0.395 e. The number of nitrogens with zero attached hydrogens (tertiary/aromatic N) is 2. The lowest BCUT2D eigenvalue weighted by atomic mass is 10.2. The first kappa shape index (κ1) is 12.8. The molecule has 7 nitrogen and oxygen atoms in total. The van der Waals surface area contributed by atoms with E-state index in [1.54, 1.807) is 0 Å². The van der Waals surface area contributed by atoms with Crippen LogP contribution in [0, 0.1) is 10.1 Å². The average Bonchev–Trinajstić information content (AvgIpc) is 2.87. The van der Waals surface area contributed by atoms with Gasteiger partial charge in [0, 0.05) is 13.1 Å². The molecular formula is C10H11ClN2O5. The maximum absolute atomic E-state index is 12.0. The molecule has 0 aliphatic carbocycles. The quantitative estimate of drug-likeness (QED) is 0.471. The van der Waals surface area contributed by atoms with Crippen molar-refractivity contribution in [1.82, 2.24) is 4.90 Å². The van der Waals surface area contributed by atoms with Gasteiger partial charge in [-0.3, -0.25) is 14.9 Å². The first-order valence-corrected chi connectivity index (χ1v) is 5.86. The Morgan fingerprint density at radius 3 is 3.00 bits per heavy atom. The van der Waals surface area contributed by atoms with Crippen molar-refractivity contribution in [2.75, 3.05) is 25.6 Å². The third-order valence-electron chi connectivity index (χ3n) is 2.58. The molecule has 1 aliphatic rings. The minimum atomic E-state index is -0.683. The van der Waals surface area contributed by atoms with Gasteiger partial charge in [-0.2, -0.15) is 0 Å². The lowest BCUT2D eigenvalue weighted by Gasteiger charge is -2.31. The summed E-state index contributed by atoms with van der Waals surface area (Å²) in [6.07, 6.45) is -0.214. The van der Waals surface area contributed by atoms with Gasteiger partial charge < -0.3 is 14.1 Å². The number of hydrogen-bond acceptors (Lipinski definition) is 5. The van der Waals surface area contributed by atoms with E-state index in [-0.39, 0.29) is 17.8 Å². The van der Waals surface area contributed by atoms with E-state index in [1.165, 1.54) is 11.0 Å². The zero-order valence-electron chi connectivity index (χ0n) is 9.37. The number of amides is 1. The molecule has 2 rings (SSSR count). The van der Waals surface area contributed by atoms with Crippen LogP contribution in [0.2, 0.25) is 0 Å². The number of carbonyl (C=O) groups is 1. The molecular weight excluding hydrogens is 264 g/mol. The molecule has 2 heterocycles. The van der Waals surface area contributed by atoms with Crippen molar-refractivity contribution in [2.45, 2.75) is 6.10 Å². The SMILES string of the molecule is O=C(c1ccc([N+](=O)[O-])o1)N1CCOC(CCl)C1. The second-order valence-electron chi connectivity index (χ2n) is 3.79. The van der Waals surface area contributed by atoms with Crippen LogP contribution in [-0.2, 0) is 4.74 Å². The standard InChI is InChI=1S/C10H11ClN2O5/c11-5-7-6-12(3-4-17-7)10(14)8-1-2-9(18-8)13(15)16/h1-2,7H,3-6H2. The summed E-state index contributed by atoms with van der Waals surface area (Å²) in [5.74, 6) is -0.582. The molecule has 1 unspecified atom stereocenters. The number of hydrogen-bond donors (Lipinski definition) is 0. The predicted octanol–water partition coefficient (Wildman–Crippen LogP) is 1.27. The molecule has 1 amide bonds. The summed E-state index contributed by atoms with van der Waals surface area (Å²) in [5.41, 5.74) is 0. The van der Waals surface area contributed by atoms with Crippen molar-refractivity contribution < 1.29 is 18.9 Å². The summed E-state index contributed by atoms with van der Waals surface area (Å²) in [5, 5.41) is 10.5. The van der Waals surface area contributed by atoms with Crippen LogP contribution in [0.15, 0.2) is 16.5 Å². The summed E-state index contributed by atoms with van der Waals surface area (Å²) in [6.45, 7) is 1.17. The Bertz CT molecular complexity index is 461. The normalized spacial score (nSPS) is 19.8. The van der Waals surface area contributed by atoms with E-state index in [9.17, 15) is 14.9 Å². The zero-order chi connectivity index (χ0) is 13.1. The lowest BCUT2D eigenvalue weighted by molar-refractivity contribution is -0.402. The van der Waals surface area contributed by atoms with E-state index in [1.807, 2.05) is 0 Å². The fourth-order valence-electron chi connectivity index (χ4n) is 1.69. The van der Waals surface area contributed by atoms with Gasteiger partial charge in [0.15, 0.2) is 5.76 Å². The van der Waals surface area contributed by atoms with Crippen molar-refractivity contribution in [1.29, 1.82) is 0 Å². The van der Waals surface area contributed by atoms with Gasteiger partial charge in [0.2, 0.25) is 0 Å². The fraction of sp³-hybridized carbons (Fsp3) is 0.500. The Labute approximate surface area is 107 Å². The van der Waals surface area contributed by atoms with E-state index in [0.29, 0.717) is 25.6 Å². The van der Waals surface area contributed by atoms with E-state index in [4.69, 9.17) is 20.8 Å². The van der Waals surface area contributed by atoms with Crippen molar-refractivity contribution >= 4 is 23.4 Å². The highest BCUT2D eigenvalue weighted by atomic mass is 35.5. The summed E-state index contributed by atoms with van der Waals surface area (Å²) < 4.78 is 10.2. The molecule has 1 aliphatic heterocycles. The van der Waals surface area contributed by atoms with E-state index in [0.717, 1.165) is 6.07 Å². The molecule has 0 radical (unpaired) electrons. The average molecular weight is 275 g/mol. The highest BCUT2D eigenvalue weighted by Crippen LogP contribution is 2.18. The monoisotopic (exact) mass is 274 g/mol. The number of alkyl halides is 1. The summed E-state index contributed by atoms with van der Waals surface area (Å²) >= 11 is 5.67. The number of carbonyl (C=O) groups excluding carboxylic acids is 1. The molecule has 1 aromatic rings. The van der Waals surface area contributed by atoms with Crippen LogP contribution in [0.3, 0.4) is 0 Å². The predicted molar refractivity (Wildman–Crippen MR) is 61.7 cm³/mol. The molecule has 0 bridgehead atoms. The van der Waals surface area contributed by atoms with Crippen molar-refractivity contribution in [3.05, 3.63) is 28.0 Å². The summed E-state index contributed by atoms with van der Waals surface area (Å²) in [7, 11) is 0. The van der Waals surface area contributed by atoms with Crippen molar-refractivity contribution in [2.24, 2.45) is 0 Å². The highest BCUT2D eigenvalue weighted by Gasteiger charge is 2.27. The summed E-state index contributed by atoms with van der Waals surface area (Å²) in [6, 6.07) is 2.46. The van der Waals surface area contributed by atoms with Crippen LogP contribution in [0.1, 0.15) is 10.6 Å². The fourth-order valence-corrected chi connectivity index (χ4v) is 1.88. The first-order chi connectivity index (χ1) is 8.61. The van der Waals surface area contributed by atoms with E-state index < -0.39 is 10.8 Å².